The van der Waals surface area contributed by atoms with E-state index >= 15 is 4.39 Å². The van der Waals surface area contributed by atoms with Gasteiger partial charge in [-0.2, -0.15) is 0 Å². The molecule has 1 amide bonds. The van der Waals surface area contributed by atoms with Crippen LogP contribution in [0.2, 0.25) is 5.02 Å². The number of piperazine rings is 1. The highest BCUT2D eigenvalue weighted by Crippen LogP contribution is 2.42. The number of aromatic nitrogens is 1. The summed E-state index contributed by atoms with van der Waals surface area (Å²) in [5.41, 5.74) is 4.25. The lowest BCUT2D eigenvalue weighted by molar-refractivity contribution is -0.384. The Balaban J connectivity index is 1.54. The largest absolute Gasteiger partial charge is 0.487 e. The maximum absolute atomic E-state index is 15.5. The fourth-order valence-corrected chi connectivity index (χ4v) is 4.82. The lowest BCUT2D eigenvalue weighted by atomic mass is 10.0. The fraction of sp³-hybridized carbons (Fsp3) is 0.333. The zero-order valence-corrected chi connectivity index (χ0v) is 20.8. The molecule has 0 bridgehead atoms. The van der Waals surface area contributed by atoms with E-state index in [0.717, 1.165) is 25.2 Å². The predicted octanol–water partition coefficient (Wildman–Crippen LogP) is 3.16. The molecule has 0 spiro atoms. The van der Waals surface area contributed by atoms with E-state index in [9.17, 15) is 19.7 Å². The Hall–Kier alpha value is -3.90. The SMILES string of the molecule is C[C@H]1COc2c(N3CCN(C)CC3)c(F)cc3c(=O)c(C(=O)NNc4ccc(Cl)cc4[N+](=O)[O-])cn1c23. The van der Waals surface area contributed by atoms with E-state index in [1.54, 1.807) is 4.57 Å². The van der Waals surface area contributed by atoms with Crippen LogP contribution in [0.3, 0.4) is 0 Å². The van der Waals surface area contributed by atoms with Gasteiger partial charge in [-0.1, -0.05) is 11.6 Å². The number of carbonyl (C=O) groups excluding carboxylic acids is 1. The second-order valence-electron chi connectivity index (χ2n) is 9.16. The minimum atomic E-state index is -0.830. The zero-order chi connectivity index (χ0) is 26.4. The topological polar surface area (TPSA) is 122 Å². The Morgan fingerprint density at radius 2 is 1.97 bits per heavy atom. The lowest BCUT2D eigenvalue weighted by Gasteiger charge is -2.37. The number of amides is 1. The van der Waals surface area contributed by atoms with E-state index in [4.69, 9.17) is 16.3 Å². The van der Waals surface area contributed by atoms with Gasteiger partial charge in [-0.3, -0.25) is 30.6 Å². The lowest BCUT2D eigenvalue weighted by Crippen LogP contribution is -2.45. The van der Waals surface area contributed by atoms with Gasteiger partial charge in [-0.25, -0.2) is 4.39 Å². The van der Waals surface area contributed by atoms with Crippen LogP contribution in [0, 0.1) is 15.9 Å². The molecule has 1 atom stereocenters. The molecule has 1 saturated heterocycles. The quantitative estimate of drug-likeness (QED) is 0.381. The number of nitrogens with one attached hydrogen (secondary N) is 2. The van der Waals surface area contributed by atoms with E-state index in [-0.39, 0.29) is 45.7 Å². The number of carbonyl (C=O) groups is 1. The number of likely N-dealkylation sites (N-methyl/N-ethyl adjacent to an activating group) is 1. The number of nitrogens with zero attached hydrogens (tertiary/aromatic N) is 4. The van der Waals surface area contributed by atoms with Crippen LogP contribution in [0.5, 0.6) is 5.75 Å². The molecule has 2 N–H and O–H groups in total. The summed E-state index contributed by atoms with van der Waals surface area (Å²) >= 11 is 5.83. The fourth-order valence-electron chi connectivity index (χ4n) is 4.65. The van der Waals surface area contributed by atoms with Crippen molar-refractivity contribution in [1.29, 1.82) is 0 Å². The van der Waals surface area contributed by atoms with Gasteiger partial charge >= 0.3 is 0 Å². The predicted molar refractivity (Wildman–Crippen MR) is 137 cm³/mol. The van der Waals surface area contributed by atoms with Gasteiger partial charge in [0.2, 0.25) is 5.43 Å². The molecule has 13 heteroatoms. The van der Waals surface area contributed by atoms with Crippen LogP contribution in [0.4, 0.5) is 21.5 Å². The van der Waals surface area contributed by atoms with Crippen molar-refractivity contribution < 1.29 is 18.8 Å². The number of halogens is 2. The Kier molecular flexibility index (Phi) is 6.38. The number of hydrogen-bond donors (Lipinski definition) is 2. The van der Waals surface area contributed by atoms with Crippen molar-refractivity contribution in [2.24, 2.45) is 0 Å². The third-order valence-electron chi connectivity index (χ3n) is 6.67. The molecule has 1 aromatic heterocycles. The monoisotopic (exact) mass is 530 g/mol. The van der Waals surface area contributed by atoms with Crippen molar-refractivity contribution in [2.75, 3.05) is 50.2 Å². The second-order valence-corrected chi connectivity index (χ2v) is 9.60. The summed E-state index contributed by atoms with van der Waals surface area (Å²) in [5, 5.41) is 11.5. The number of pyridine rings is 1. The molecule has 0 saturated carbocycles. The smallest absolute Gasteiger partial charge is 0.295 e. The molecule has 3 heterocycles. The average Bonchev–Trinajstić information content (AvgIpc) is 2.87. The molecular weight excluding hydrogens is 507 g/mol. The molecule has 1 fully saturated rings. The minimum Gasteiger partial charge on any atom is -0.487 e. The molecule has 3 aromatic rings. The van der Waals surface area contributed by atoms with Crippen molar-refractivity contribution in [2.45, 2.75) is 13.0 Å². The highest BCUT2D eigenvalue weighted by atomic mass is 35.5. The number of hydrazine groups is 1. The van der Waals surface area contributed by atoms with E-state index in [0.29, 0.717) is 24.3 Å². The van der Waals surface area contributed by atoms with Gasteiger partial charge in [0.15, 0.2) is 11.6 Å². The summed E-state index contributed by atoms with van der Waals surface area (Å²) in [4.78, 5) is 41.1. The van der Waals surface area contributed by atoms with Gasteiger partial charge in [0, 0.05) is 43.5 Å². The first-order chi connectivity index (χ1) is 17.7. The van der Waals surface area contributed by atoms with Crippen LogP contribution in [-0.4, -0.2) is 60.1 Å². The highest BCUT2D eigenvalue weighted by molar-refractivity contribution is 6.30. The number of nitro benzene ring substituents is 1. The van der Waals surface area contributed by atoms with Crippen LogP contribution >= 0.6 is 11.6 Å². The van der Waals surface area contributed by atoms with Crippen molar-refractivity contribution in [3.8, 4) is 5.75 Å². The van der Waals surface area contributed by atoms with Crippen LogP contribution in [0.1, 0.15) is 23.3 Å². The van der Waals surface area contributed by atoms with Gasteiger partial charge in [0.25, 0.3) is 11.6 Å². The minimum absolute atomic E-state index is 0.0158. The third-order valence-corrected chi connectivity index (χ3v) is 6.91. The van der Waals surface area contributed by atoms with E-state index in [1.165, 1.54) is 18.3 Å². The molecule has 11 nitrogen and oxygen atoms in total. The molecular formula is C24H24ClFN6O5. The van der Waals surface area contributed by atoms with Crippen LogP contribution in [0.15, 0.2) is 35.3 Å². The average molecular weight is 531 g/mol. The van der Waals surface area contributed by atoms with Crippen molar-refractivity contribution >= 4 is 45.5 Å². The normalized spacial score (nSPS) is 17.4. The Bertz CT molecular complexity index is 1490. The molecule has 0 radical (unpaired) electrons. The maximum atomic E-state index is 15.5. The summed E-state index contributed by atoms with van der Waals surface area (Å²) in [6.45, 7) is 4.83. The van der Waals surface area contributed by atoms with Gasteiger partial charge in [0.05, 0.1) is 21.9 Å². The summed E-state index contributed by atoms with van der Waals surface area (Å²) in [6, 6.07) is 4.80. The maximum Gasteiger partial charge on any atom is 0.295 e. The van der Waals surface area contributed by atoms with Gasteiger partial charge < -0.3 is 19.1 Å². The molecule has 0 aliphatic carbocycles. The van der Waals surface area contributed by atoms with Crippen LogP contribution in [-0.2, 0) is 0 Å². The summed E-state index contributed by atoms with van der Waals surface area (Å²) < 4.78 is 23.2. The highest BCUT2D eigenvalue weighted by Gasteiger charge is 2.31. The molecule has 2 aliphatic heterocycles. The summed E-state index contributed by atoms with van der Waals surface area (Å²) in [5.74, 6) is -1.14. The van der Waals surface area contributed by atoms with Crippen molar-refractivity contribution in [3.63, 3.8) is 0 Å². The standard InChI is InChI=1S/C24H24ClFN6O5/c1-13-12-37-23-20-15(10-17(26)21(23)30-7-5-29(2)6-8-30)22(33)16(11-31(13)20)24(34)28-27-18-4-3-14(25)9-19(18)32(35)36/h3-4,9-11,13,27H,5-8,12H2,1-2H3,(H,28,34)/t13-/m0/s1. The molecule has 2 aromatic carbocycles. The number of benzene rings is 2. The van der Waals surface area contributed by atoms with Crippen molar-refractivity contribution in [1.82, 2.24) is 14.9 Å². The first-order valence-corrected chi connectivity index (χ1v) is 12.0. The molecule has 194 valence electrons. The number of ether oxygens (including phenoxy) is 1. The second kappa shape index (κ2) is 9.52. The number of nitro groups is 1. The van der Waals surface area contributed by atoms with Gasteiger partial charge in [-0.05, 0) is 32.2 Å². The molecule has 5 rings (SSSR count). The first kappa shape index (κ1) is 24.8. The number of anilines is 2. The van der Waals surface area contributed by atoms with E-state index < -0.39 is 22.1 Å². The molecule has 2 aliphatic rings. The Labute approximate surface area is 215 Å². The van der Waals surface area contributed by atoms with Gasteiger partial charge in [-0.15, -0.1) is 0 Å². The molecule has 0 unspecified atom stereocenters. The van der Waals surface area contributed by atoms with Crippen LogP contribution in [0.25, 0.3) is 10.9 Å². The zero-order valence-electron chi connectivity index (χ0n) is 20.1. The summed E-state index contributed by atoms with van der Waals surface area (Å²) in [6.07, 6.45) is 1.42. The van der Waals surface area contributed by atoms with Crippen LogP contribution < -0.4 is 25.9 Å². The number of rotatable bonds is 5. The summed E-state index contributed by atoms with van der Waals surface area (Å²) in [7, 11) is 2.00. The third kappa shape index (κ3) is 4.42. The van der Waals surface area contributed by atoms with Gasteiger partial charge in [0.1, 0.15) is 23.5 Å². The Morgan fingerprint density at radius 1 is 1.24 bits per heavy atom. The molecule has 37 heavy (non-hydrogen) atoms. The van der Waals surface area contributed by atoms with E-state index in [2.05, 4.69) is 15.8 Å². The first-order valence-electron chi connectivity index (χ1n) is 11.6. The van der Waals surface area contributed by atoms with Crippen molar-refractivity contribution in [3.05, 3.63) is 67.2 Å². The Morgan fingerprint density at radius 3 is 2.68 bits per heavy atom. The van der Waals surface area contributed by atoms with E-state index in [1.807, 2.05) is 18.9 Å². The number of hydrogen-bond acceptors (Lipinski definition) is 8.